The molecule has 1 saturated carbocycles. The van der Waals surface area contributed by atoms with Crippen molar-refractivity contribution in [1.82, 2.24) is 0 Å². The largest absolute Gasteiger partial charge is 0.370 e. The molecule has 0 bridgehead atoms. The second kappa shape index (κ2) is 9.36. The van der Waals surface area contributed by atoms with Crippen LogP contribution in [0.3, 0.4) is 0 Å². The summed E-state index contributed by atoms with van der Waals surface area (Å²) in [6.07, 6.45) is 5.11. The molecule has 0 spiro atoms. The highest BCUT2D eigenvalue weighted by molar-refractivity contribution is 7.86. The summed E-state index contributed by atoms with van der Waals surface area (Å²) in [6, 6.07) is 7.79. The van der Waals surface area contributed by atoms with Crippen LogP contribution in [0.5, 0.6) is 0 Å². The van der Waals surface area contributed by atoms with E-state index < -0.39 is 15.7 Å². The maximum Gasteiger partial charge on any atom is 0.267 e. The lowest BCUT2D eigenvalue weighted by atomic mass is 9.78. The van der Waals surface area contributed by atoms with Gasteiger partial charge in [-0.05, 0) is 44.6 Å². The first-order chi connectivity index (χ1) is 11.9. The number of hydrogen-bond acceptors (Lipinski definition) is 4. The molecular weight excluding hydrogens is 360 g/mol. The summed E-state index contributed by atoms with van der Waals surface area (Å²) in [5, 5.41) is 0.706. The van der Waals surface area contributed by atoms with Gasteiger partial charge in [0.1, 0.15) is 0 Å². The SMILES string of the molecule is CCCCO[C@]1(c2ccccc2Cl)CC[C@@H](OS(=O)(=O)CCC)CC1. The molecule has 0 atom stereocenters. The lowest BCUT2D eigenvalue weighted by Crippen LogP contribution is -2.38. The van der Waals surface area contributed by atoms with Crippen LogP contribution in [0.1, 0.15) is 64.4 Å². The quantitative estimate of drug-likeness (QED) is 0.438. The number of ether oxygens (including phenoxy) is 1. The molecule has 1 aliphatic rings. The van der Waals surface area contributed by atoms with Gasteiger partial charge in [-0.3, -0.25) is 4.18 Å². The van der Waals surface area contributed by atoms with Gasteiger partial charge in [-0.15, -0.1) is 0 Å². The van der Waals surface area contributed by atoms with Crippen LogP contribution < -0.4 is 0 Å². The van der Waals surface area contributed by atoms with Gasteiger partial charge < -0.3 is 4.74 Å². The van der Waals surface area contributed by atoms with Crippen LogP contribution in [-0.4, -0.2) is 26.9 Å². The number of halogens is 1. The smallest absolute Gasteiger partial charge is 0.267 e. The fourth-order valence-corrected chi connectivity index (χ4v) is 4.90. The second-order valence-electron chi connectivity index (χ2n) is 6.73. The molecule has 0 amide bonds. The highest BCUT2D eigenvalue weighted by Crippen LogP contribution is 2.44. The lowest BCUT2D eigenvalue weighted by Gasteiger charge is -2.40. The molecule has 0 N–H and O–H groups in total. The number of rotatable bonds is 9. The Kier molecular flexibility index (Phi) is 7.74. The van der Waals surface area contributed by atoms with Crippen molar-refractivity contribution in [2.75, 3.05) is 12.4 Å². The van der Waals surface area contributed by atoms with Gasteiger partial charge in [0.05, 0.1) is 17.5 Å². The van der Waals surface area contributed by atoms with E-state index in [2.05, 4.69) is 6.92 Å². The van der Waals surface area contributed by atoms with E-state index in [1.807, 2.05) is 31.2 Å². The molecule has 2 rings (SSSR count). The van der Waals surface area contributed by atoms with Crippen molar-refractivity contribution in [2.24, 2.45) is 0 Å². The highest BCUT2D eigenvalue weighted by Gasteiger charge is 2.40. The average molecular weight is 389 g/mol. The number of unbranched alkanes of at least 4 members (excludes halogenated alkanes) is 1. The topological polar surface area (TPSA) is 52.6 Å². The Morgan fingerprint density at radius 1 is 1.16 bits per heavy atom. The van der Waals surface area contributed by atoms with Gasteiger partial charge in [0.2, 0.25) is 0 Å². The third kappa shape index (κ3) is 5.68. The Morgan fingerprint density at radius 2 is 1.84 bits per heavy atom. The van der Waals surface area contributed by atoms with Crippen LogP contribution in [-0.2, 0) is 24.6 Å². The Morgan fingerprint density at radius 3 is 2.44 bits per heavy atom. The molecule has 0 aliphatic heterocycles. The van der Waals surface area contributed by atoms with Crippen molar-refractivity contribution in [1.29, 1.82) is 0 Å². The van der Waals surface area contributed by atoms with Crippen LogP contribution in [0.2, 0.25) is 5.02 Å². The molecule has 0 unspecified atom stereocenters. The standard InChI is InChI=1S/C19H29ClO4S/c1-3-5-14-23-19(17-8-6-7-9-18(17)20)12-10-16(11-13-19)24-25(21,22)15-4-2/h6-9,16H,3-5,10-15H2,1-2H3/t16-,19-. The maximum absolute atomic E-state index is 11.9. The highest BCUT2D eigenvalue weighted by atomic mass is 35.5. The molecule has 0 radical (unpaired) electrons. The zero-order valence-electron chi connectivity index (χ0n) is 15.2. The van der Waals surface area contributed by atoms with Crippen LogP contribution >= 0.6 is 11.6 Å². The van der Waals surface area contributed by atoms with Gasteiger partial charge in [-0.2, -0.15) is 8.42 Å². The van der Waals surface area contributed by atoms with E-state index in [1.54, 1.807) is 0 Å². The summed E-state index contributed by atoms with van der Waals surface area (Å²) in [4.78, 5) is 0. The van der Waals surface area contributed by atoms with Gasteiger partial charge in [-0.25, -0.2) is 0 Å². The summed E-state index contributed by atoms with van der Waals surface area (Å²) < 4.78 is 35.5. The molecule has 1 aliphatic carbocycles. The van der Waals surface area contributed by atoms with Crippen LogP contribution in [0, 0.1) is 0 Å². The normalized spacial score (nSPS) is 24.4. The van der Waals surface area contributed by atoms with Crippen molar-refractivity contribution in [2.45, 2.75) is 70.5 Å². The number of benzene rings is 1. The molecule has 25 heavy (non-hydrogen) atoms. The third-order valence-electron chi connectivity index (χ3n) is 4.72. The van der Waals surface area contributed by atoms with E-state index in [0.717, 1.165) is 18.4 Å². The maximum atomic E-state index is 11.9. The molecule has 1 fully saturated rings. The van der Waals surface area contributed by atoms with Crippen molar-refractivity contribution >= 4 is 21.7 Å². The van der Waals surface area contributed by atoms with Crippen LogP contribution in [0.15, 0.2) is 24.3 Å². The lowest BCUT2D eigenvalue weighted by molar-refractivity contribution is -0.0918. The Bertz CT molecular complexity index is 637. The third-order valence-corrected chi connectivity index (χ3v) is 6.52. The predicted octanol–water partition coefficient (Wildman–Crippen LogP) is 5.05. The monoisotopic (exact) mass is 388 g/mol. The minimum absolute atomic E-state index is 0.0756. The fraction of sp³-hybridized carbons (Fsp3) is 0.684. The molecule has 0 aromatic heterocycles. The van der Waals surface area contributed by atoms with Gasteiger partial charge in [0.25, 0.3) is 10.1 Å². The van der Waals surface area contributed by atoms with Crippen molar-refractivity contribution in [3.05, 3.63) is 34.9 Å². The first-order valence-corrected chi connectivity index (χ1v) is 11.2. The first kappa shape index (κ1) is 20.7. The van der Waals surface area contributed by atoms with E-state index >= 15 is 0 Å². The zero-order chi connectivity index (χ0) is 18.3. The fourth-order valence-electron chi connectivity index (χ4n) is 3.39. The van der Waals surface area contributed by atoms with Gasteiger partial charge in [0, 0.05) is 17.2 Å². The minimum Gasteiger partial charge on any atom is -0.370 e. The summed E-state index contributed by atoms with van der Waals surface area (Å²) in [7, 11) is -3.43. The van der Waals surface area contributed by atoms with E-state index in [4.69, 9.17) is 20.5 Å². The van der Waals surface area contributed by atoms with Gasteiger partial charge in [0.15, 0.2) is 0 Å². The molecule has 6 heteroatoms. The predicted molar refractivity (Wildman–Crippen MR) is 101 cm³/mol. The van der Waals surface area contributed by atoms with Crippen LogP contribution in [0.25, 0.3) is 0 Å². The van der Waals surface area contributed by atoms with E-state index in [0.29, 0.717) is 43.7 Å². The number of hydrogen-bond donors (Lipinski definition) is 0. The second-order valence-corrected chi connectivity index (χ2v) is 8.86. The summed E-state index contributed by atoms with van der Waals surface area (Å²) in [5.41, 5.74) is 0.560. The molecule has 1 aromatic rings. The molecule has 4 nitrogen and oxygen atoms in total. The Labute approximate surface area is 157 Å². The average Bonchev–Trinajstić information content (AvgIpc) is 2.57. The molecule has 0 saturated heterocycles. The van der Waals surface area contributed by atoms with E-state index in [-0.39, 0.29) is 11.9 Å². The molecular formula is C19H29ClO4S. The first-order valence-electron chi connectivity index (χ1n) is 9.22. The van der Waals surface area contributed by atoms with Crippen molar-refractivity contribution in [3.63, 3.8) is 0 Å². The Balaban J connectivity index is 2.11. The minimum atomic E-state index is -3.43. The summed E-state index contributed by atoms with van der Waals surface area (Å²) in [5.74, 6) is 0.0756. The van der Waals surface area contributed by atoms with Gasteiger partial charge in [-0.1, -0.05) is 50.1 Å². The summed E-state index contributed by atoms with van der Waals surface area (Å²) >= 11 is 6.44. The summed E-state index contributed by atoms with van der Waals surface area (Å²) in [6.45, 7) is 4.65. The van der Waals surface area contributed by atoms with Crippen molar-refractivity contribution in [3.8, 4) is 0 Å². The molecule has 142 valence electrons. The molecule has 1 aromatic carbocycles. The zero-order valence-corrected chi connectivity index (χ0v) is 16.7. The Hall–Kier alpha value is -0.620. The van der Waals surface area contributed by atoms with Gasteiger partial charge >= 0.3 is 0 Å². The molecule has 0 heterocycles. The van der Waals surface area contributed by atoms with Crippen molar-refractivity contribution < 1.29 is 17.3 Å². The van der Waals surface area contributed by atoms with Crippen LogP contribution in [0.4, 0.5) is 0 Å². The van der Waals surface area contributed by atoms with E-state index in [1.165, 1.54) is 0 Å². The van der Waals surface area contributed by atoms with E-state index in [9.17, 15) is 8.42 Å².